The molecule has 1 aromatic heterocycles. The monoisotopic (exact) mass is 454 g/mol. The Morgan fingerprint density at radius 3 is 2.61 bits per heavy atom. The van der Waals surface area contributed by atoms with Crippen LogP contribution in [0.2, 0.25) is 5.02 Å². The van der Waals surface area contributed by atoms with E-state index in [4.69, 9.17) is 11.6 Å². The highest BCUT2D eigenvalue weighted by Crippen LogP contribution is 2.33. The number of thioether (sulfide) groups is 1. The maximum atomic E-state index is 12.8. The Balaban J connectivity index is 1.67. The third kappa shape index (κ3) is 4.80. The van der Waals surface area contributed by atoms with Gasteiger partial charge in [-0.3, -0.25) is 9.36 Å². The molecule has 0 bridgehead atoms. The number of piperidine rings is 1. The summed E-state index contributed by atoms with van der Waals surface area (Å²) >= 11 is 7.93. The first-order chi connectivity index (χ1) is 14.9. The van der Waals surface area contributed by atoms with E-state index in [1.54, 1.807) is 0 Å². The van der Waals surface area contributed by atoms with Gasteiger partial charge < -0.3 is 4.90 Å². The molecule has 1 saturated heterocycles. The predicted octanol–water partition coefficient (Wildman–Crippen LogP) is 5.56. The van der Waals surface area contributed by atoms with Gasteiger partial charge in [-0.05, 0) is 61.9 Å². The molecule has 1 fully saturated rings. The minimum absolute atomic E-state index is 0.159. The van der Waals surface area contributed by atoms with Gasteiger partial charge in [0.05, 0.1) is 16.5 Å². The molecule has 0 N–H and O–H groups in total. The summed E-state index contributed by atoms with van der Waals surface area (Å²) in [7, 11) is 0. The molecule has 2 heterocycles. The zero-order chi connectivity index (χ0) is 22.0. The van der Waals surface area contributed by atoms with Gasteiger partial charge in [0.2, 0.25) is 5.91 Å². The van der Waals surface area contributed by atoms with E-state index < -0.39 is 0 Å². The average Bonchev–Trinajstić information content (AvgIpc) is 3.18. The van der Waals surface area contributed by atoms with E-state index >= 15 is 0 Å². The summed E-state index contributed by atoms with van der Waals surface area (Å²) in [5.74, 6) is 1.88. The van der Waals surface area contributed by atoms with Crippen molar-refractivity contribution in [2.75, 3.05) is 18.8 Å². The number of halogens is 1. The van der Waals surface area contributed by atoms with Gasteiger partial charge in [-0.1, -0.05) is 54.6 Å². The van der Waals surface area contributed by atoms with Crippen LogP contribution in [0.4, 0.5) is 0 Å². The minimum Gasteiger partial charge on any atom is -0.342 e. The van der Waals surface area contributed by atoms with Crippen LogP contribution in [0.1, 0.15) is 30.9 Å². The molecule has 0 saturated carbocycles. The lowest BCUT2D eigenvalue weighted by Gasteiger charge is -2.30. The number of hydrogen-bond acceptors (Lipinski definition) is 4. The summed E-state index contributed by atoms with van der Waals surface area (Å²) in [6, 6.07) is 13.9. The highest BCUT2D eigenvalue weighted by atomic mass is 35.5. The molecule has 3 aromatic rings. The van der Waals surface area contributed by atoms with Crippen LogP contribution in [0.25, 0.3) is 17.1 Å². The molecule has 1 aliphatic heterocycles. The van der Waals surface area contributed by atoms with Crippen molar-refractivity contribution in [2.45, 2.75) is 38.8 Å². The second-order valence-electron chi connectivity index (χ2n) is 8.26. The molecule has 0 spiro atoms. The maximum Gasteiger partial charge on any atom is 0.233 e. The number of aromatic nitrogens is 3. The van der Waals surface area contributed by atoms with Crippen LogP contribution in [-0.2, 0) is 4.79 Å². The molecule has 5 nitrogen and oxygen atoms in total. The summed E-state index contributed by atoms with van der Waals surface area (Å²) in [5, 5.41) is 10.3. The van der Waals surface area contributed by atoms with E-state index in [-0.39, 0.29) is 5.91 Å². The standard InChI is InChI=1S/C24H27ClN4OS/c1-16-10-12-28(13-11-16)22(30)15-31-24-27-26-23(19-6-4-5-7-20(19)25)29(24)21-14-17(2)8-9-18(21)3/h4-9,14,16H,10-13,15H2,1-3H3. The Hall–Kier alpha value is -2.31. The van der Waals surface area contributed by atoms with Crippen molar-refractivity contribution in [1.82, 2.24) is 19.7 Å². The first kappa shape index (κ1) is 21.9. The Morgan fingerprint density at radius 2 is 1.87 bits per heavy atom. The number of nitrogens with zero attached hydrogens (tertiary/aromatic N) is 4. The molecule has 162 valence electrons. The quantitative estimate of drug-likeness (QED) is 0.474. The molecular weight excluding hydrogens is 428 g/mol. The van der Waals surface area contributed by atoms with Gasteiger partial charge in [0.25, 0.3) is 0 Å². The van der Waals surface area contributed by atoms with Crippen molar-refractivity contribution in [3.63, 3.8) is 0 Å². The van der Waals surface area contributed by atoms with Crippen LogP contribution in [0.5, 0.6) is 0 Å². The van der Waals surface area contributed by atoms with Gasteiger partial charge in [-0.15, -0.1) is 10.2 Å². The van der Waals surface area contributed by atoms with Gasteiger partial charge in [-0.25, -0.2) is 0 Å². The normalized spacial score (nSPS) is 14.8. The topological polar surface area (TPSA) is 51.0 Å². The van der Waals surface area contributed by atoms with E-state index in [1.807, 2.05) is 33.7 Å². The second kappa shape index (κ2) is 9.45. The third-order valence-electron chi connectivity index (χ3n) is 5.81. The lowest BCUT2D eigenvalue weighted by molar-refractivity contribution is -0.129. The zero-order valence-electron chi connectivity index (χ0n) is 18.1. The van der Waals surface area contributed by atoms with E-state index in [0.717, 1.165) is 48.3 Å². The van der Waals surface area contributed by atoms with Gasteiger partial charge in [0.15, 0.2) is 11.0 Å². The van der Waals surface area contributed by atoms with Crippen molar-refractivity contribution in [3.05, 3.63) is 58.6 Å². The van der Waals surface area contributed by atoms with Crippen LogP contribution < -0.4 is 0 Å². The van der Waals surface area contributed by atoms with Gasteiger partial charge in [-0.2, -0.15) is 0 Å². The summed E-state index contributed by atoms with van der Waals surface area (Å²) in [4.78, 5) is 14.8. The molecule has 1 aliphatic rings. The molecule has 1 amide bonds. The number of likely N-dealkylation sites (tertiary alicyclic amines) is 1. The Bertz CT molecular complexity index is 1090. The predicted molar refractivity (Wildman–Crippen MR) is 127 cm³/mol. The molecule has 0 radical (unpaired) electrons. The van der Waals surface area contributed by atoms with Crippen molar-refractivity contribution in [2.24, 2.45) is 5.92 Å². The fraction of sp³-hybridized carbons (Fsp3) is 0.375. The van der Waals surface area contributed by atoms with E-state index in [1.165, 1.54) is 11.8 Å². The molecule has 0 aliphatic carbocycles. The van der Waals surface area contributed by atoms with Crippen LogP contribution in [0, 0.1) is 19.8 Å². The molecule has 2 aromatic carbocycles. The molecule has 0 unspecified atom stereocenters. The average molecular weight is 455 g/mol. The summed E-state index contributed by atoms with van der Waals surface area (Å²) in [6.45, 7) is 8.07. The summed E-state index contributed by atoms with van der Waals surface area (Å²) < 4.78 is 2.03. The van der Waals surface area contributed by atoms with E-state index in [9.17, 15) is 4.79 Å². The molecule has 4 rings (SSSR count). The van der Waals surface area contributed by atoms with Crippen molar-refractivity contribution in [1.29, 1.82) is 0 Å². The first-order valence-electron chi connectivity index (χ1n) is 10.6. The second-order valence-corrected chi connectivity index (χ2v) is 9.61. The highest BCUT2D eigenvalue weighted by Gasteiger charge is 2.23. The summed E-state index contributed by atoms with van der Waals surface area (Å²) in [6.07, 6.45) is 2.15. The number of aryl methyl sites for hydroxylation is 2. The SMILES string of the molecule is Cc1ccc(C)c(-n2c(SCC(=O)N3CCC(C)CC3)nnc2-c2ccccc2Cl)c1. The third-order valence-corrected chi connectivity index (χ3v) is 7.06. The number of benzene rings is 2. The van der Waals surface area contributed by atoms with Gasteiger partial charge in [0, 0.05) is 18.7 Å². The largest absolute Gasteiger partial charge is 0.342 e. The lowest BCUT2D eigenvalue weighted by Crippen LogP contribution is -2.38. The zero-order valence-corrected chi connectivity index (χ0v) is 19.7. The van der Waals surface area contributed by atoms with E-state index in [0.29, 0.717) is 27.7 Å². The molecule has 7 heteroatoms. The number of rotatable bonds is 5. The fourth-order valence-electron chi connectivity index (χ4n) is 3.83. The number of carbonyl (C=O) groups excluding carboxylic acids is 1. The van der Waals surface area contributed by atoms with E-state index in [2.05, 4.69) is 49.2 Å². The number of carbonyl (C=O) groups is 1. The molecular formula is C24H27ClN4OS. The highest BCUT2D eigenvalue weighted by molar-refractivity contribution is 7.99. The van der Waals surface area contributed by atoms with Crippen LogP contribution in [-0.4, -0.2) is 44.4 Å². The maximum absolute atomic E-state index is 12.8. The van der Waals surface area contributed by atoms with Crippen molar-refractivity contribution >= 4 is 29.3 Å². The number of amides is 1. The Morgan fingerprint density at radius 1 is 1.13 bits per heavy atom. The molecule has 0 atom stereocenters. The Labute approximate surface area is 192 Å². The van der Waals surface area contributed by atoms with Crippen LogP contribution >= 0.6 is 23.4 Å². The molecule has 31 heavy (non-hydrogen) atoms. The first-order valence-corrected chi connectivity index (χ1v) is 12.0. The number of hydrogen-bond donors (Lipinski definition) is 0. The van der Waals surface area contributed by atoms with Crippen molar-refractivity contribution < 1.29 is 4.79 Å². The smallest absolute Gasteiger partial charge is 0.233 e. The van der Waals surface area contributed by atoms with Crippen LogP contribution in [0.3, 0.4) is 0 Å². The van der Waals surface area contributed by atoms with Gasteiger partial charge >= 0.3 is 0 Å². The Kier molecular flexibility index (Phi) is 6.68. The fourth-order valence-corrected chi connectivity index (χ4v) is 4.90. The van der Waals surface area contributed by atoms with Crippen LogP contribution in [0.15, 0.2) is 47.6 Å². The van der Waals surface area contributed by atoms with Crippen molar-refractivity contribution in [3.8, 4) is 17.1 Å². The van der Waals surface area contributed by atoms with Gasteiger partial charge in [0.1, 0.15) is 0 Å². The lowest BCUT2D eigenvalue weighted by atomic mass is 9.99. The summed E-state index contributed by atoms with van der Waals surface area (Å²) in [5.41, 5.74) is 4.08. The minimum atomic E-state index is 0.159.